The minimum absolute atomic E-state index is 0.661. The summed E-state index contributed by atoms with van der Waals surface area (Å²) in [6, 6.07) is 4.71. The standard InChI is InChI=1S/C15H25NOS/c1-4-16-14-9-11(2)8-12(3)15(14)18-10-13-6-5-7-17-13/h5-7,11-12,14-16H,4,8-10H2,1-3H3. The van der Waals surface area contributed by atoms with Gasteiger partial charge in [-0.3, -0.25) is 0 Å². The van der Waals surface area contributed by atoms with E-state index < -0.39 is 0 Å². The molecule has 1 aromatic heterocycles. The molecule has 1 N–H and O–H groups in total. The topological polar surface area (TPSA) is 25.2 Å². The Kier molecular flexibility index (Phi) is 5.19. The summed E-state index contributed by atoms with van der Waals surface area (Å²) in [5, 5.41) is 4.39. The van der Waals surface area contributed by atoms with Gasteiger partial charge in [0.2, 0.25) is 0 Å². The highest BCUT2D eigenvalue weighted by molar-refractivity contribution is 7.99. The number of furan rings is 1. The van der Waals surface area contributed by atoms with Crippen LogP contribution in [0.25, 0.3) is 0 Å². The quantitative estimate of drug-likeness (QED) is 0.875. The third kappa shape index (κ3) is 3.55. The lowest BCUT2D eigenvalue weighted by atomic mass is 9.80. The maximum atomic E-state index is 5.43. The van der Waals surface area contributed by atoms with Gasteiger partial charge in [-0.05, 0) is 43.4 Å². The molecule has 2 nitrogen and oxygen atoms in total. The molecule has 1 aliphatic carbocycles. The van der Waals surface area contributed by atoms with E-state index in [1.807, 2.05) is 6.07 Å². The van der Waals surface area contributed by atoms with E-state index in [0.29, 0.717) is 11.3 Å². The smallest absolute Gasteiger partial charge is 0.113 e. The molecule has 0 aliphatic heterocycles. The first-order valence-corrected chi connectivity index (χ1v) is 8.13. The molecule has 1 fully saturated rings. The molecule has 2 rings (SSSR count). The molecule has 1 heterocycles. The number of hydrogen-bond donors (Lipinski definition) is 1. The van der Waals surface area contributed by atoms with Crippen molar-refractivity contribution in [3.05, 3.63) is 24.2 Å². The van der Waals surface area contributed by atoms with Gasteiger partial charge in [-0.1, -0.05) is 20.8 Å². The fourth-order valence-corrected chi connectivity index (χ4v) is 4.54. The van der Waals surface area contributed by atoms with Crippen LogP contribution in [0.5, 0.6) is 0 Å². The SMILES string of the molecule is CCNC1CC(C)CC(C)C1SCc1ccco1. The van der Waals surface area contributed by atoms with E-state index in [4.69, 9.17) is 4.42 Å². The van der Waals surface area contributed by atoms with Crippen LogP contribution in [0, 0.1) is 11.8 Å². The summed E-state index contributed by atoms with van der Waals surface area (Å²) in [4.78, 5) is 0. The number of hydrogen-bond acceptors (Lipinski definition) is 3. The summed E-state index contributed by atoms with van der Waals surface area (Å²) < 4.78 is 5.43. The van der Waals surface area contributed by atoms with Crippen LogP contribution in [0.2, 0.25) is 0 Å². The van der Waals surface area contributed by atoms with Crippen molar-refractivity contribution in [2.24, 2.45) is 11.8 Å². The van der Waals surface area contributed by atoms with Crippen LogP contribution in [-0.2, 0) is 5.75 Å². The van der Waals surface area contributed by atoms with E-state index >= 15 is 0 Å². The monoisotopic (exact) mass is 267 g/mol. The Balaban J connectivity index is 1.93. The zero-order chi connectivity index (χ0) is 13.0. The second-order valence-corrected chi connectivity index (χ2v) is 6.74. The molecule has 0 bridgehead atoms. The lowest BCUT2D eigenvalue weighted by Crippen LogP contribution is -2.46. The molecule has 0 saturated heterocycles. The van der Waals surface area contributed by atoms with Crippen LogP contribution < -0.4 is 5.32 Å². The highest BCUT2D eigenvalue weighted by atomic mass is 32.2. The van der Waals surface area contributed by atoms with Gasteiger partial charge in [0.05, 0.1) is 12.0 Å². The Morgan fingerprint density at radius 2 is 2.22 bits per heavy atom. The average Bonchev–Trinajstić information content (AvgIpc) is 2.81. The summed E-state index contributed by atoms with van der Waals surface area (Å²) >= 11 is 2.06. The average molecular weight is 267 g/mol. The highest BCUT2D eigenvalue weighted by Gasteiger charge is 2.33. The molecular formula is C15H25NOS. The summed E-state index contributed by atoms with van der Waals surface area (Å²) in [5.41, 5.74) is 0. The van der Waals surface area contributed by atoms with E-state index in [9.17, 15) is 0 Å². The second-order valence-electron chi connectivity index (χ2n) is 5.57. The van der Waals surface area contributed by atoms with Crippen molar-refractivity contribution in [3.63, 3.8) is 0 Å². The van der Waals surface area contributed by atoms with Crippen LogP contribution in [0.1, 0.15) is 39.4 Å². The van der Waals surface area contributed by atoms with E-state index in [0.717, 1.165) is 29.9 Å². The van der Waals surface area contributed by atoms with Crippen molar-refractivity contribution in [2.75, 3.05) is 6.54 Å². The van der Waals surface area contributed by atoms with Crippen molar-refractivity contribution < 1.29 is 4.42 Å². The van der Waals surface area contributed by atoms with Crippen LogP contribution >= 0.6 is 11.8 Å². The Hall–Kier alpha value is -0.410. The molecule has 102 valence electrons. The van der Waals surface area contributed by atoms with Crippen molar-refractivity contribution in [1.82, 2.24) is 5.32 Å². The van der Waals surface area contributed by atoms with Gasteiger partial charge in [-0.15, -0.1) is 11.8 Å². The van der Waals surface area contributed by atoms with Gasteiger partial charge in [0, 0.05) is 11.3 Å². The number of thioether (sulfide) groups is 1. The van der Waals surface area contributed by atoms with Gasteiger partial charge >= 0.3 is 0 Å². The van der Waals surface area contributed by atoms with Crippen molar-refractivity contribution in [1.29, 1.82) is 0 Å². The predicted molar refractivity (Wildman–Crippen MR) is 78.8 cm³/mol. The lowest BCUT2D eigenvalue weighted by Gasteiger charge is -2.39. The van der Waals surface area contributed by atoms with Gasteiger partial charge in [0.25, 0.3) is 0 Å². The summed E-state index contributed by atoms with van der Waals surface area (Å²) in [6.07, 6.45) is 4.44. The maximum absolute atomic E-state index is 5.43. The van der Waals surface area contributed by atoms with E-state index in [-0.39, 0.29) is 0 Å². The maximum Gasteiger partial charge on any atom is 0.113 e. The zero-order valence-corrected chi connectivity index (χ0v) is 12.5. The fourth-order valence-electron chi connectivity index (χ4n) is 3.14. The Morgan fingerprint density at radius 1 is 1.39 bits per heavy atom. The molecule has 18 heavy (non-hydrogen) atoms. The van der Waals surface area contributed by atoms with Crippen LogP contribution in [0.4, 0.5) is 0 Å². The van der Waals surface area contributed by atoms with Gasteiger partial charge in [0.15, 0.2) is 0 Å². The molecule has 0 amide bonds. The third-order valence-corrected chi connectivity index (χ3v) is 5.48. The predicted octanol–water partition coefficient (Wildman–Crippen LogP) is 3.93. The number of nitrogens with one attached hydrogen (secondary N) is 1. The molecule has 1 saturated carbocycles. The minimum atomic E-state index is 0.661. The largest absolute Gasteiger partial charge is 0.468 e. The van der Waals surface area contributed by atoms with Crippen LogP contribution in [0.15, 0.2) is 22.8 Å². The van der Waals surface area contributed by atoms with E-state index in [2.05, 4.69) is 43.9 Å². The Bertz CT molecular complexity index is 338. The molecule has 4 unspecified atom stereocenters. The minimum Gasteiger partial charge on any atom is -0.468 e. The lowest BCUT2D eigenvalue weighted by molar-refractivity contribution is 0.251. The molecule has 3 heteroatoms. The fraction of sp³-hybridized carbons (Fsp3) is 0.733. The normalized spacial score (nSPS) is 32.6. The van der Waals surface area contributed by atoms with Gasteiger partial charge in [-0.2, -0.15) is 0 Å². The van der Waals surface area contributed by atoms with Gasteiger partial charge < -0.3 is 9.73 Å². The zero-order valence-electron chi connectivity index (χ0n) is 11.7. The van der Waals surface area contributed by atoms with E-state index in [1.54, 1.807) is 6.26 Å². The van der Waals surface area contributed by atoms with Gasteiger partial charge in [0.1, 0.15) is 5.76 Å². The molecule has 4 atom stereocenters. The number of rotatable bonds is 5. The third-order valence-electron chi connectivity index (χ3n) is 3.85. The second kappa shape index (κ2) is 6.67. The summed E-state index contributed by atoms with van der Waals surface area (Å²) in [7, 11) is 0. The molecule has 1 aromatic rings. The molecule has 0 aromatic carbocycles. The van der Waals surface area contributed by atoms with Crippen LogP contribution in [-0.4, -0.2) is 17.8 Å². The summed E-state index contributed by atoms with van der Waals surface area (Å²) in [5.74, 6) is 3.74. The van der Waals surface area contributed by atoms with Gasteiger partial charge in [-0.25, -0.2) is 0 Å². The summed E-state index contributed by atoms with van der Waals surface area (Å²) in [6.45, 7) is 8.06. The first-order valence-electron chi connectivity index (χ1n) is 7.08. The molecule has 1 aliphatic rings. The molecule has 0 spiro atoms. The van der Waals surface area contributed by atoms with Crippen molar-refractivity contribution in [2.45, 2.75) is 50.7 Å². The van der Waals surface area contributed by atoms with Crippen molar-refractivity contribution in [3.8, 4) is 0 Å². The van der Waals surface area contributed by atoms with Crippen LogP contribution in [0.3, 0.4) is 0 Å². The Labute approximate surface area is 115 Å². The van der Waals surface area contributed by atoms with E-state index in [1.165, 1.54) is 12.8 Å². The molecule has 0 radical (unpaired) electrons. The molecular weight excluding hydrogens is 242 g/mol. The Morgan fingerprint density at radius 3 is 2.89 bits per heavy atom. The highest BCUT2D eigenvalue weighted by Crippen LogP contribution is 2.37. The first-order chi connectivity index (χ1) is 8.70. The van der Waals surface area contributed by atoms with Crippen molar-refractivity contribution >= 4 is 11.8 Å². The first kappa shape index (κ1) is 14.0.